The second kappa shape index (κ2) is 7.64. The van der Waals surface area contributed by atoms with Gasteiger partial charge in [0.1, 0.15) is 17.3 Å². The summed E-state index contributed by atoms with van der Waals surface area (Å²) in [5.74, 6) is -1.93. The predicted molar refractivity (Wildman–Crippen MR) is 92.6 cm³/mol. The summed E-state index contributed by atoms with van der Waals surface area (Å²) < 4.78 is 26.6. The summed E-state index contributed by atoms with van der Waals surface area (Å²) in [5, 5.41) is 5.40. The normalized spacial score (nSPS) is 10.4. The Balaban J connectivity index is 1.75. The molecule has 0 atom stereocenters. The van der Waals surface area contributed by atoms with E-state index >= 15 is 0 Å². The van der Waals surface area contributed by atoms with Gasteiger partial charge in [-0.1, -0.05) is 0 Å². The van der Waals surface area contributed by atoms with E-state index < -0.39 is 17.5 Å². The highest BCUT2D eigenvalue weighted by molar-refractivity contribution is 6.03. The van der Waals surface area contributed by atoms with E-state index in [1.54, 1.807) is 19.3 Å². The largest absolute Gasteiger partial charge is 0.350 e. The Morgan fingerprint density at radius 1 is 1.08 bits per heavy atom. The number of pyridine rings is 1. The number of nitrogens with zero attached hydrogens (tertiary/aromatic N) is 3. The molecule has 0 unspecified atom stereocenters. The van der Waals surface area contributed by atoms with Crippen molar-refractivity contribution in [2.45, 2.75) is 13.5 Å². The SMILES string of the molecule is Cc1cc(C(=O)Nc2ccc(F)cc2F)nc(NCc2ccncc2)n1. The smallest absolute Gasteiger partial charge is 0.274 e. The minimum absolute atomic E-state index is 0.0680. The molecule has 1 aromatic carbocycles. The third kappa shape index (κ3) is 4.35. The molecule has 0 aliphatic rings. The van der Waals surface area contributed by atoms with Crippen LogP contribution in [0, 0.1) is 18.6 Å². The van der Waals surface area contributed by atoms with Crippen LogP contribution in [0.2, 0.25) is 0 Å². The number of rotatable bonds is 5. The fourth-order valence-electron chi connectivity index (χ4n) is 2.22. The quantitative estimate of drug-likeness (QED) is 0.734. The molecule has 0 saturated carbocycles. The van der Waals surface area contributed by atoms with Crippen LogP contribution < -0.4 is 10.6 Å². The molecular formula is C18H15F2N5O. The number of carbonyl (C=O) groups excluding carboxylic acids is 1. The van der Waals surface area contributed by atoms with Gasteiger partial charge in [-0.05, 0) is 42.8 Å². The Kier molecular flexibility index (Phi) is 5.12. The summed E-state index contributed by atoms with van der Waals surface area (Å²) in [6, 6.07) is 8.07. The first-order valence-corrected chi connectivity index (χ1v) is 7.76. The van der Waals surface area contributed by atoms with Crippen molar-refractivity contribution in [1.29, 1.82) is 0 Å². The van der Waals surface area contributed by atoms with Gasteiger partial charge >= 0.3 is 0 Å². The molecule has 0 radical (unpaired) electrons. The number of aryl methyl sites for hydroxylation is 1. The van der Waals surface area contributed by atoms with Crippen LogP contribution in [0.1, 0.15) is 21.7 Å². The van der Waals surface area contributed by atoms with Gasteiger partial charge in [0.2, 0.25) is 5.95 Å². The highest BCUT2D eigenvalue weighted by Crippen LogP contribution is 2.16. The van der Waals surface area contributed by atoms with Crippen molar-refractivity contribution < 1.29 is 13.6 Å². The van der Waals surface area contributed by atoms with E-state index in [1.165, 1.54) is 6.07 Å². The lowest BCUT2D eigenvalue weighted by Crippen LogP contribution is -2.17. The molecule has 132 valence electrons. The fourth-order valence-corrected chi connectivity index (χ4v) is 2.22. The van der Waals surface area contributed by atoms with Crippen molar-refractivity contribution >= 4 is 17.5 Å². The van der Waals surface area contributed by atoms with E-state index in [2.05, 4.69) is 25.6 Å². The first-order valence-electron chi connectivity index (χ1n) is 7.76. The van der Waals surface area contributed by atoms with Crippen LogP contribution in [0.5, 0.6) is 0 Å². The molecule has 26 heavy (non-hydrogen) atoms. The molecule has 8 heteroatoms. The third-order valence-electron chi connectivity index (χ3n) is 3.47. The number of nitrogens with one attached hydrogen (secondary N) is 2. The highest BCUT2D eigenvalue weighted by atomic mass is 19.1. The van der Waals surface area contributed by atoms with Crippen LogP contribution in [0.25, 0.3) is 0 Å². The van der Waals surface area contributed by atoms with Crippen molar-refractivity contribution in [2.75, 3.05) is 10.6 Å². The fraction of sp³-hybridized carbons (Fsp3) is 0.111. The number of carbonyl (C=O) groups is 1. The van der Waals surface area contributed by atoms with Crippen LogP contribution >= 0.6 is 0 Å². The predicted octanol–water partition coefficient (Wildman–Crippen LogP) is 3.32. The highest BCUT2D eigenvalue weighted by Gasteiger charge is 2.13. The van der Waals surface area contributed by atoms with Gasteiger partial charge in [-0.3, -0.25) is 9.78 Å². The topological polar surface area (TPSA) is 79.8 Å². The average Bonchev–Trinajstić information content (AvgIpc) is 2.63. The molecule has 0 bridgehead atoms. The van der Waals surface area contributed by atoms with E-state index in [0.717, 1.165) is 17.7 Å². The van der Waals surface area contributed by atoms with Gasteiger partial charge in [0.05, 0.1) is 5.69 Å². The maximum atomic E-state index is 13.7. The average molecular weight is 355 g/mol. The van der Waals surface area contributed by atoms with E-state index in [-0.39, 0.29) is 17.3 Å². The number of hydrogen-bond donors (Lipinski definition) is 2. The molecule has 0 saturated heterocycles. The van der Waals surface area contributed by atoms with Crippen LogP contribution in [0.4, 0.5) is 20.4 Å². The van der Waals surface area contributed by atoms with Gasteiger partial charge in [-0.25, -0.2) is 18.7 Å². The molecule has 0 spiro atoms. The number of benzene rings is 1. The van der Waals surface area contributed by atoms with Crippen LogP contribution in [-0.4, -0.2) is 20.9 Å². The molecule has 0 aliphatic heterocycles. The van der Waals surface area contributed by atoms with Crippen molar-refractivity contribution in [1.82, 2.24) is 15.0 Å². The van der Waals surface area contributed by atoms with Gasteiger partial charge in [0.25, 0.3) is 5.91 Å². The minimum Gasteiger partial charge on any atom is -0.350 e. The van der Waals surface area contributed by atoms with Crippen LogP contribution in [0.3, 0.4) is 0 Å². The van der Waals surface area contributed by atoms with Crippen LogP contribution in [-0.2, 0) is 6.54 Å². The number of amides is 1. The van der Waals surface area contributed by atoms with E-state index in [4.69, 9.17) is 0 Å². The van der Waals surface area contributed by atoms with Crippen LogP contribution in [0.15, 0.2) is 48.8 Å². The molecule has 2 N–H and O–H groups in total. The van der Waals surface area contributed by atoms with Gasteiger partial charge in [0.15, 0.2) is 0 Å². The standard InChI is InChI=1S/C18H15F2N5O/c1-11-8-16(17(26)24-15-3-2-13(19)9-14(15)20)25-18(23-11)22-10-12-4-6-21-7-5-12/h2-9H,10H2,1H3,(H,24,26)(H,22,23,25). The molecule has 2 heterocycles. The number of anilines is 2. The Morgan fingerprint density at radius 3 is 2.58 bits per heavy atom. The monoisotopic (exact) mass is 355 g/mol. The third-order valence-corrected chi connectivity index (χ3v) is 3.47. The number of halogens is 2. The van der Waals surface area contributed by atoms with Gasteiger partial charge < -0.3 is 10.6 Å². The van der Waals surface area contributed by atoms with E-state index in [9.17, 15) is 13.6 Å². The lowest BCUT2D eigenvalue weighted by molar-refractivity contribution is 0.102. The van der Waals surface area contributed by atoms with Crippen molar-refractivity contribution in [3.8, 4) is 0 Å². The molecule has 0 fully saturated rings. The van der Waals surface area contributed by atoms with E-state index in [0.29, 0.717) is 18.3 Å². The Labute approximate surface area is 148 Å². The summed E-state index contributed by atoms with van der Waals surface area (Å²) in [4.78, 5) is 24.6. The van der Waals surface area contributed by atoms with Crippen molar-refractivity contribution in [3.05, 3.63) is 77.4 Å². The van der Waals surface area contributed by atoms with Gasteiger partial charge in [-0.2, -0.15) is 0 Å². The molecule has 6 nitrogen and oxygen atoms in total. The Hall–Kier alpha value is -3.42. The molecule has 0 aliphatic carbocycles. The first kappa shape index (κ1) is 17.4. The summed E-state index contributed by atoms with van der Waals surface area (Å²) >= 11 is 0. The molecule has 1 amide bonds. The number of aromatic nitrogens is 3. The molecule has 3 aromatic rings. The second-order valence-electron chi connectivity index (χ2n) is 5.51. The molecule has 3 rings (SSSR count). The van der Waals surface area contributed by atoms with Gasteiger partial charge in [-0.15, -0.1) is 0 Å². The summed E-state index contributed by atoms with van der Waals surface area (Å²) in [7, 11) is 0. The van der Waals surface area contributed by atoms with Crippen molar-refractivity contribution in [3.63, 3.8) is 0 Å². The lowest BCUT2D eigenvalue weighted by Gasteiger charge is -2.09. The van der Waals surface area contributed by atoms with E-state index in [1.807, 2.05) is 12.1 Å². The maximum absolute atomic E-state index is 13.7. The molecular weight excluding hydrogens is 340 g/mol. The number of hydrogen-bond acceptors (Lipinski definition) is 5. The minimum atomic E-state index is -0.861. The Morgan fingerprint density at radius 2 is 1.85 bits per heavy atom. The zero-order chi connectivity index (χ0) is 18.5. The zero-order valence-corrected chi connectivity index (χ0v) is 13.8. The maximum Gasteiger partial charge on any atom is 0.274 e. The van der Waals surface area contributed by atoms with Gasteiger partial charge in [0, 0.05) is 30.7 Å². The summed E-state index contributed by atoms with van der Waals surface area (Å²) in [6.45, 7) is 2.17. The molecule has 2 aromatic heterocycles. The zero-order valence-electron chi connectivity index (χ0n) is 13.8. The van der Waals surface area contributed by atoms with Crippen molar-refractivity contribution in [2.24, 2.45) is 0 Å². The first-order chi connectivity index (χ1) is 12.5. The Bertz CT molecular complexity index is 934. The summed E-state index contributed by atoms with van der Waals surface area (Å²) in [6.07, 6.45) is 3.34. The second-order valence-corrected chi connectivity index (χ2v) is 5.51. The lowest BCUT2D eigenvalue weighted by atomic mass is 10.2. The summed E-state index contributed by atoms with van der Waals surface area (Å²) in [5.41, 5.74) is 1.49.